The molecular weight excluding hydrogens is 344 g/mol. The predicted molar refractivity (Wildman–Crippen MR) is 88.8 cm³/mol. The average molecular weight is 364 g/mol. The first-order valence-corrected chi connectivity index (χ1v) is 7.97. The summed E-state index contributed by atoms with van der Waals surface area (Å²) in [6, 6.07) is 1.91. The van der Waals surface area contributed by atoms with Crippen molar-refractivity contribution < 1.29 is 18.7 Å². The third kappa shape index (κ3) is 5.99. The second-order valence-corrected chi connectivity index (χ2v) is 6.88. The molecule has 0 aliphatic heterocycles. The van der Waals surface area contributed by atoms with Crippen molar-refractivity contribution in [1.29, 1.82) is 0 Å². The molecule has 128 valence electrons. The minimum absolute atomic E-state index is 0.0569. The van der Waals surface area contributed by atoms with Crippen LogP contribution in [-0.4, -0.2) is 23.5 Å². The van der Waals surface area contributed by atoms with Gasteiger partial charge in [-0.3, -0.25) is 4.79 Å². The quantitative estimate of drug-likeness (QED) is 0.590. The van der Waals surface area contributed by atoms with Gasteiger partial charge in [0, 0.05) is 12.5 Å². The summed E-state index contributed by atoms with van der Waals surface area (Å²) in [7, 11) is 0. The highest BCUT2D eigenvalue weighted by molar-refractivity contribution is 6.39. The Hall–Kier alpha value is -1.33. The van der Waals surface area contributed by atoms with Gasteiger partial charge in [0.2, 0.25) is 0 Å². The maximum Gasteiger partial charge on any atom is 0.407 e. The largest absolute Gasteiger partial charge is 0.444 e. The first-order valence-electron chi connectivity index (χ1n) is 7.21. The van der Waals surface area contributed by atoms with Gasteiger partial charge in [0.15, 0.2) is 5.78 Å². The minimum atomic E-state index is -0.715. The van der Waals surface area contributed by atoms with Gasteiger partial charge in [-0.25, -0.2) is 9.18 Å². The first-order chi connectivity index (χ1) is 10.5. The summed E-state index contributed by atoms with van der Waals surface area (Å²) in [5.41, 5.74) is -0.709. The molecule has 0 saturated carbocycles. The Morgan fingerprint density at radius 2 is 1.91 bits per heavy atom. The molecule has 0 heterocycles. The number of carbonyl (C=O) groups is 2. The Balaban J connectivity index is 2.82. The Bertz CT molecular complexity index is 600. The number of benzene rings is 1. The number of nitrogens with one attached hydrogen (secondary N) is 1. The molecule has 1 rings (SSSR count). The van der Waals surface area contributed by atoms with Crippen molar-refractivity contribution in [3.8, 4) is 0 Å². The van der Waals surface area contributed by atoms with Crippen LogP contribution < -0.4 is 5.32 Å². The van der Waals surface area contributed by atoms with Gasteiger partial charge in [0.05, 0.1) is 15.6 Å². The predicted octanol–water partition coefficient (Wildman–Crippen LogP) is 5.01. The molecule has 1 amide bonds. The van der Waals surface area contributed by atoms with Crippen molar-refractivity contribution in [3.63, 3.8) is 0 Å². The fraction of sp³-hybridized carbons (Fsp3) is 0.500. The van der Waals surface area contributed by atoms with E-state index in [2.05, 4.69) is 5.32 Å². The van der Waals surface area contributed by atoms with Crippen LogP contribution in [-0.2, 0) is 4.74 Å². The summed E-state index contributed by atoms with van der Waals surface area (Å²) in [5, 5.41) is 2.38. The lowest BCUT2D eigenvalue weighted by Crippen LogP contribution is -2.40. The lowest BCUT2D eigenvalue weighted by Gasteiger charge is -2.23. The number of rotatable bonds is 5. The van der Waals surface area contributed by atoms with E-state index in [1.54, 1.807) is 20.8 Å². The zero-order valence-electron chi connectivity index (χ0n) is 13.5. The Morgan fingerprint density at radius 1 is 1.30 bits per heavy atom. The number of ketones is 1. The highest BCUT2D eigenvalue weighted by Gasteiger charge is 2.24. The molecule has 23 heavy (non-hydrogen) atoms. The zero-order chi connectivity index (χ0) is 17.8. The molecule has 4 nitrogen and oxygen atoms in total. The summed E-state index contributed by atoms with van der Waals surface area (Å²) >= 11 is 11.8. The minimum Gasteiger partial charge on any atom is -0.444 e. The summed E-state index contributed by atoms with van der Waals surface area (Å²) in [5.74, 6) is -1.16. The topological polar surface area (TPSA) is 55.4 Å². The molecule has 0 radical (unpaired) electrons. The van der Waals surface area contributed by atoms with Crippen LogP contribution in [0.1, 0.15) is 50.9 Å². The molecule has 1 N–H and O–H groups in total. The molecule has 1 aromatic carbocycles. The third-order valence-corrected chi connectivity index (χ3v) is 3.65. The molecule has 1 atom stereocenters. The SMILES string of the molecule is CCC(CC(=O)c1c(Cl)ccc(F)c1Cl)NC(=O)OC(C)(C)C. The van der Waals surface area contributed by atoms with Crippen molar-refractivity contribution >= 4 is 35.1 Å². The second-order valence-electron chi connectivity index (χ2n) is 6.10. The van der Waals surface area contributed by atoms with Crippen LogP contribution in [0.4, 0.5) is 9.18 Å². The summed E-state index contributed by atoms with van der Waals surface area (Å²) in [6.45, 7) is 7.03. The Labute approximate surface area is 145 Å². The molecule has 0 aliphatic rings. The summed E-state index contributed by atoms with van der Waals surface area (Å²) in [4.78, 5) is 24.1. The van der Waals surface area contributed by atoms with Crippen molar-refractivity contribution in [2.24, 2.45) is 0 Å². The lowest BCUT2D eigenvalue weighted by atomic mass is 10.0. The Morgan fingerprint density at radius 3 is 2.43 bits per heavy atom. The van der Waals surface area contributed by atoms with Crippen LogP contribution >= 0.6 is 23.2 Å². The molecule has 1 unspecified atom stereocenters. The van der Waals surface area contributed by atoms with E-state index >= 15 is 0 Å². The van der Waals surface area contributed by atoms with Gasteiger partial charge < -0.3 is 10.1 Å². The zero-order valence-corrected chi connectivity index (χ0v) is 15.0. The fourth-order valence-electron chi connectivity index (χ4n) is 1.88. The van der Waals surface area contributed by atoms with E-state index in [1.807, 2.05) is 6.92 Å². The molecule has 0 fully saturated rings. The van der Waals surface area contributed by atoms with Crippen LogP contribution in [0, 0.1) is 5.82 Å². The monoisotopic (exact) mass is 363 g/mol. The maximum atomic E-state index is 13.5. The van der Waals surface area contributed by atoms with Gasteiger partial charge in [-0.05, 0) is 39.3 Å². The van der Waals surface area contributed by atoms with E-state index < -0.39 is 29.3 Å². The van der Waals surface area contributed by atoms with Gasteiger partial charge in [0.25, 0.3) is 0 Å². The summed E-state index contributed by atoms with van der Waals surface area (Å²) in [6.07, 6.45) is -0.178. The van der Waals surface area contributed by atoms with Crippen molar-refractivity contribution in [2.45, 2.75) is 52.2 Å². The normalized spacial score (nSPS) is 12.7. The van der Waals surface area contributed by atoms with Crippen molar-refractivity contribution in [2.75, 3.05) is 0 Å². The molecule has 0 saturated heterocycles. The smallest absolute Gasteiger partial charge is 0.407 e. The van der Waals surface area contributed by atoms with E-state index in [9.17, 15) is 14.0 Å². The molecule has 0 spiro atoms. The van der Waals surface area contributed by atoms with Crippen molar-refractivity contribution in [1.82, 2.24) is 5.32 Å². The fourth-order valence-corrected chi connectivity index (χ4v) is 2.46. The van der Waals surface area contributed by atoms with Gasteiger partial charge in [-0.1, -0.05) is 30.1 Å². The average Bonchev–Trinajstić information content (AvgIpc) is 2.40. The molecule has 7 heteroatoms. The number of Topliss-reactive ketones (excluding diaryl/α,β-unsaturated/α-hetero) is 1. The summed E-state index contributed by atoms with van der Waals surface area (Å²) < 4.78 is 18.7. The molecule has 0 bridgehead atoms. The van der Waals surface area contributed by atoms with Gasteiger partial charge in [-0.15, -0.1) is 0 Å². The molecular formula is C16H20Cl2FNO3. The van der Waals surface area contributed by atoms with Crippen LogP contribution in [0.2, 0.25) is 10.0 Å². The molecule has 0 aliphatic carbocycles. The van der Waals surface area contributed by atoms with E-state index in [4.69, 9.17) is 27.9 Å². The number of alkyl carbamates (subject to hydrolysis) is 1. The Kier molecular flexibility index (Phi) is 6.84. The number of carbonyl (C=O) groups excluding carboxylic acids is 2. The standard InChI is InChI=1S/C16H20Cl2FNO3/c1-5-9(20-15(22)23-16(2,3)4)8-12(21)13-10(17)6-7-11(19)14(13)18/h6-7,9H,5,8H2,1-4H3,(H,20,22). The molecule has 0 aromatic heterocycles. The van der Waals surface area contributed by atoms with Gasteiger partial charge >= 0.3 is 6.09 Å². The van der Waals surface area contributed by atoms with Crippen LogP contribution in [0.5, 0.6) is 0 Å². The second kappa shape index (κ2) is 7.97. The highest BCUT2D eigenvalue weighted by atomic mass is 35.5. The molecule has 1 aromatic rings. The van der Waals surface area contributed by atoms with Gasteiger partial charge in [-0.2, -0.15) is 0 Å². The van der Waals surface area contributed by atoms with E-state index in [0.29, 0.717) is 6.42 Å². The van der Waals surface area contributed by atoms with Crippen molar-refractivity contribution in [3.05, 3.63) is 33.6 Å². The van der Waals surface area contributed by atoms with Crippen LogP contribution in [0.25, 0.3) is 0 Å². The van der Waals surface area contributed by atoms with E-state index in [-0.39, 0.29) is 22.0 Å². The van der Waals surface area contributed by atoms with Gasteiger partial charge in [0.1, 0.15) is 11.4 Å². The van der Waals surface area contributed by atoms with E-state index in [1.165, 1.54) is 6.07 Å². The third-order valence-electron chi connectivity index (χ3n) is 2.97. The lowest BCUT2D eigenvalue weighted by molar-refractivity contribution is 0.0500. The highest BCUT2D eigenvalue weighted by Crippen LogP contribution is 2.28. The number of hydrogen-bond acceptors (Lipinski definition) is 3. The first kappa shape index (κ1) is 19.7. The number of amides is 1. The van der Waals surface area contributed by atoms with Crippen LogP contribution in [0.3, 0.4) is 0 Å². The number of halogens is 3. The van der Waals surface area contributed by atoms with E-state index in [0.717, 1.165) is 6.07 Å². The maximum absolute atomic E-state index is 13.5. The number of hydrogen-bond donors (Lipinski definition) is 1. The number of ether oxygens (including phenoxy) is 1. The van der Waals surface area contributed by atoms with Crippen LogP contribution in [0.15, 0.2) is 12.1 Å².